The minimum Gasteiger partial charge on any atom is -0.430 e. The molecule has 0 bridgehead atoms. The van der Waals surface area contributed by atoms with Gasteiger partial charge in [0, 0.05) is 0 Å². The molecule has 0 aliphatic heterocycles. The second-order valence-corrected chi connectivity index (χ2v) is 20.9. The number of benzene rings is 1. The summed E-state index contributed by atoms with van der Waals surface area (Å²) in [5.74, 6) is -6.33. The summed E-state index contributed by atoms with van der Waals surface area (Å²) >= 11 is 0. The lowest BCUT2D eigenvalue weighted by atomic mass is 10.2. The molecule has 0 aliphatic carbocycles. The van der Waals surface area contributed by atoms with E-state index in [-0.39, 0.29) is 0 Å². The topological polar surface area (TPSA) is 18.5 Å². The minimum absolute atomic E-state index is 0.342. The van der Waals surface area contributed by atoms with Gasteiger partial charge in [-0.3, -0.25) is 0 Å². The van der Waals surface area contributed by atoms with E-state index < -0.39 is 42.8 Å². The van der Waals surface area contributed by atoms with Gasteiger partial charge < -0.3 is 8.23 Å². The standard InChI is InChI=1S/C17H25F7O2Si3/c1-27(2,3)25-29(26-28(4,5)6,13-12-14-10-8-7-9-11-14)17(23,24)15(18,19)16(20,21)22/h7-13H,1-6H3. The molecular formula is C17H25F7O2Si3. The van der Waals surface area contributed by atoms with E-state index in [0.29, 0.717) is 11.3 Å². The van der Waals surface area contributed by atoms with Gasteiger partial charge in [0.25, 0.3) is 0 Å². The Labute approximate surface area is 169 Å². The lowest BCUT2D eigenvalue weighted by Crippen LogP contribution is -2.72. The molecule has 0 aliphatic rings. The number of rotatable bonds is 8. The van der Waals surface area contributed by atoms with Gasteiger partial charge >= 0.3 is 26.2 Å². The fourth-order valence-corrected chi connectivity index (χ4v) is 13.0. The van der Waals surface area contributed by atoms with Crippen LogP contribution < -0.4 is 0 Å². The van der Waals surface area contributed by atoms with Gasteiger partial charge in [0.2, 0.25) is 0 Å². The molecule has 2 nitrogen and oxygen atoms in total. The molecule has 0 atom stereocenters. The Morgan fingerprint density at radius 3 is 1.48 bits per heavy atom. The molecule has 0 N–H and O–H groups in total. The third kappa shape index (κ3) is 6.26. The van der Waals surface area contributed by atoms with E-state index in [1.807, 2.05) is 0 Å². The summed E-state index contributed by atoms with van der Waals surface area (Å²) < 4.78 is 108. The molecule has 0 amide bonds. The van der Waals surface area contributed by atoms with Crippen LogP contribution in [0.2, 0.25) is 39.3 Å². The van der Waals surface area contributed by atoms with Gasteiger partial charge in [0.15, 0.2) is 16.6 Å². The Balaban J connectivity index is 3.77. The van der Waals surface area contributed by atoms with Gasteiger partial charge in [-0.1, -0.05) is 36.4 Å². The first-order chi connectivity index (χ1) is 12.7. The Bertz CT molecular complexity index is 692. The van der Waals surface area contributed by atoms with Crippen LogP contribution >= 0.6 is 0 Å². The molecule has 29 heavy (non-hydrogen) atoms. The smallest absolute Gasteiger partial charge is 0.430 e. The van der Waals surface area contributed by atoms with Crippen molar-refractivity contribution in [1.29, 1.82) is 0 Å². The normalized spacial score (nSPS) is 15.2. The second kappa shape index (κ2) is 8.29. The highest BCUT2D eigenvalue weighted by Gasteiger charge is 2.83. The molecule has 0 fully saturated rings. The SMILES string of the molecule is C[Si](C)(C)O[Si](C=Cc1ccccc1)(O[Si](C)(C)C)C(F)(F)C(F)(F)C(F)(F)F. The lowest BCUT2D eigenvalue weighted by molar-refractivity contribution is -0.339. The van der Waals surface area contributed by atoms with Crippen LogP contribution in [-0.2, 0) is 8.23 Å². The first-order valence-corrected chi connectivity index (χ1v) is 17.4. The van der Waals surface area contributed by atoms with Crippen LogP contribution in [0, 0.1) is 0 Å². The van der Waals surface area contributed by atoms with Crippen molar-refractivity contribution < 1.29 is 39.0 Å². The molecule has 166 valence electrons. The van der Waals surface area contributed by atoms with Crippen LogP contribution in [-0.4, -0.2) is 42.8 Å². The first kappa shape index (κ1) is 26.1. The summed E-state index contributed by atoms with van der Waals surface area (Å²) in [4.78, 5) is 0. The Hall–Kier alpha value is -0.959. The van der Waals surface area contributed by atoms with Crippen LogP contribution in [0.5, 0.6) is 0 Å². The van der Waals surface area contributed by atoms with E-state index in [0.717, 1.165) is 6.08 Å². The Morgan fingerprint density at radius 1 is 0.724 bits per heavy atom. The molecule has 0 unspecified atom stereocenters. The fourth-order valence-electron chi connectivity index (χ4n) is 2.40. The van der Waals surface area contributed by atoms with Crippen molar-refractivity contribution >= 4 is 31.3 Å². The molecule has 0 aromatic heterocycles. The van der Waals surface area contributed by atoms with Crippen LogP contribution in [0.15, 0.2) is 36.0 Å². The first-order valence-electron chi connectivity index (χ1n) is 8.71. The van der Waals surface area contributed by atoms with Crippen LogP contribution in [0.4, 0.5) is 30.7 Å². The van der Waals surface area contributed by atoms with Crippen molar-refractivity contribution in [1.82, 2.24) is 0 Å². The second-order valence-electron chi connectivity index (χ2n) is 8.49. The van der Waals surface area contributed by atoms with E-state index in [1.54, 1.807) is 18.2 Å². The van der Waals surface area contributed by atoms with Crippen molar-refractivity contribution in [3.05, 3.63) is 41.6 Å². The highest BCUT2D eigenvalue weighted by atomic mass is 28.5. The molecule has 0 saturated carbocycles. The highest BCUT2D eigenvalue weighted by Crippen LogP contribution is 2.52. The van der Waals surface area contributed by atoms with Crippen LogP contribution in [0.25, 0.3) is 6.08 Å². The van der Waals surface area contributed by atoms with E-state index in [1.165, 1.54) is 51.4 Å². The zero-order valence-electron chi connectivity index (χ0n) is 17.0. The molecule has 12 heteroatoms. The predicted octanol–water partition coefficient (Wildman–Crippen LogP) is 6.76. The van der Waals surface area contributed by atoms with Gasteiger partial charge in [-0.15, -0.1) is 0 Å². The van der Waals surface area contributed by atoms with Crippen LogP contribution in [0.1, 0.15) is 5.56 Å². The van der Waals surface area contributed by atoms with Crippen molar-refractivity contribution in [2.24, 2.45) is 0 Å². The Morgan fingerprint density at radius 2 is 1.14 bits per heavy atom. The zero-order chi connectivity index (χ0) is 22.9. The third-order valence-electron chi connectivity index (χ3n) is 3.40. The average Bonchev–Trinajstić information content (AvgIpc) is 2.49. The summed E-state index contributed by atoms with van der Waals surface area (Å²) in [7, 11) is -11.7. The van der Waals surface area contributed by atoms with Crippen LogP contribution in [0.3, 0.4) is 0 Å². The molecule has 1 rings (SSSR count). The van der Waals surface area contributed by atoms with Crippen molar-refractivity contribution in [3.63, 3.8) is 0 Å². The molecule has 1 aromatic rings. The van der Waals surface area contributed by atoms with Crippen molar-refractivity contribution in [3.8, 4) is 0 Å². The maximum atomic E-state index is 15.1. The third-order valence-corrected chi connectivity index (χ3v) is 12.5. The number of hydrogen-bond acceptors (Lipinski definition) is 2. The molecule has 0 heterocycles. The highest BCUT2D eigenvalue weighted by molar-refractivity contribution is 6.92. The van der Waals surface area contributed by atoms with E-state index in [9.17, 15) is 22.0 Å². The predicted molar refractivity (Wildman–Crippen MR) is 106 cm³/mol. The van der Waals surface area contributed by atoms with E-state index in [4.69, 9.17) is 8.23 Å². The fraction of sp³-hybridized carbons (Fsp3) is 0.529. The quantitative estimate of drug-likeness (QED) is 0.304. The number of hydrogen-bond donors (Lipinski definition) is 0. The molecule has 0 radical (unpaired) electrons. The van der Waals surface area contributed by atoms with E-state index >= 15 is 8.78 Å². The van der Waals surface area contributed by atoms with Gasteiger partial charge in [-0.25, -0.2) is 0 Å². The van der Waals surface area contributed by atoms with E-state index in [2.05, 4.69) is 0 Å². The zero-order valence-corrected chi connectivity index (χ0v) is 20.0. The Kier molecular flexibility index (Phi) is 7.45. The molecule has 0 saturated heterocycles. The minimum atomic E-state index is -6.47. The van der Waals surface area contributed by atoms with Gasteiger partial charge in [0.1, 0.15) is 0 Å². The number of halogens is 7. The molecule has 1 aromatic carbocycles. The average molecular weight is 479 g/mol. The number of alkyl halides is 7. The molecular weight excluding hydrogens is 453 g/mol. The maximum Gasteiger partial charge on any atom is 0.459 e. The van der Waals surface area contributed by atoms with Gasteiger partial charge in [0.05, 0.1) is 0 Å². The largest absolute Gasteiger partial charge is 0.459 e. The summed E-state index contributed by atoms with van der Waals surface area (Å²) in [6.07, 6.45) is -5.41. The summed E-state index contributed by atoms with van der Waals surface area (Å²) in [5.41, 5.74) is -4.63. The van der Waals surface area contributed by atoms with Gasteiger partial charge in [-0.2, -0.15) is 30.7 Å². The van der Waals surface area contributed by atoms with Crippen molar-refractivity contribution in [2.75, 3.05) is 0 Å². The summed E-state index contributed by atoms with van der Waals surface area (Å²) in [5, 5.41) is 0. The lowest BCUT2D eigenvalue weighted by Gasteiger charge is -2.45. The molecule has 0 spiro atoms. The maximum absolute atomic E-state index is 15.1. The summed E-state index contributed by atoms with van der Waals surface area (Å²) in [6, 6.07) is 7.79. The monoisotopic (exact) mass is 478 g/mol. The summed E-state index contributed by atoms with van der Waals surface area (Å²) in [6.45, 7) is 8.59. The van der Waals surface area contributed by atoms with Gasteiger partial charge in [-0.05, 0) is 50.5 Å². The van der Waals surface area contributed by atoms with Crippen molar-refractivity contribution in [2.45, 2.75) is 56.9 Å².